The molecule has 1 N–H and O–H groups in total. The molecule has 2 atom stereocenters. The Kier molecular flexibility index (Phi) is 7.91. The van der Waals surface area contributed by atoms with Gasteiger partial charge in [-0.05, 0) is 51.1 Å². The lowest BCUT2D eigenvalue weighted by Gasteiger charge is -2.22. The highest BCUT2D eigenvalue weighted by atomic mass is 16.7. The molecule has 0 unspecified atom stereocenters. The quantitative estimate of drug-likeness (QED) is 0.420. The minimum absolute atomic E-state index is 0.0767. The van der Waals surface area contributed by atoms with Gasteiger partial charge in [-0.15, -0.1) is 5.10 Å². The summed E-state index contributed by atoms with van der Waals surface area (Å²) in [5.74, 6) is -0.648. The average Bonchev–Trinajstić information content (AvgIpc) is 3.32. The third-order valence-corrected chi connectivity index (χ3v) is 5.87. The van der Waals surface area contributed by atoms with Crippen molar-refractivity contribution in [2.45, 2.75) is 46.3 Å². The van der Waals surface area contributed by atoms with Gasteiger partial charge in [-0.2, -0.15) is 0 Å². The lowest BCUT2D eigenvalue weighted by Crippen LogP contribution is -2.31. The van der Waals surface area contributed by atoms with E-state index in [4.69, 9.17) is 13.9 Å². The number of nitrogens with zero attached hydrogens (tertiary/aromatic N) is 4. The predicted molar refractivity (Wildman–Crippen MR) is 132 cm³/mol. The molecule has 4 rings (SSSR count). The molecule has 1 aromatic carbocycles. The Bertz CT molecular complexity index is 1330. The van der Waals surface area contributed by atoms with Crippen molar-refractivity contribution >= 4 is 28.3 Å². The second-order valence-corrected chi connectivity index (χ2v) is 8.28. The molecule has 0 saturated heterocycles. The topological polar surface area (TPSA) is 129 Å². The van der Waals surface area contributed by atoms with E-state index in [9.17, 15) is 14.4 Å². The van der Waals surface area contributed by atoms with Gasteiger partial charge in [0, 0.05) is 30.2 Å². The highest BCUT2D eigenvalue weighted by Gasteiger charge is 2.21. The van der Waals surface area contributed by atoms with E-state index in [1.807, 2.05) is 18.2 Å². The number of ketones is 1. The summed E-state index contributed by atoms with van der Waals surface area (Å²) < 4.78 is 18.0. The number of ether oxygens (including phenoxy) is 2. The summed E-state index contributed by atoms with van der Waals surface area (Å²) in [6, 6.07) is 7.12. The van der Waals surface area contributed by atoms with Crippen molar-refractivity contribution in [3.63, 3.8) is 0 Å². The minimum Gasteiger partial charge on any atom is -0.422 e. The van der Waals surface area contributed by atoms with Crippen LogP contribution in [0.4, 0.5) is 5.69 Å². The molecule has 1 aliphatic heterocycles. The van der Waals surface area contributed by atoms with Gasteiger partial charge in [-0.3, -0.25) is 9.59 Å². The number of anilines is 1. The van der Waals surface area contributed by atoms with Crippen LogP contribution in [0.1, 0.15) is 36.8 Å². The SMILES string of the molecule is CCN(CC)c1ccc2cc(C(=O)NCc3cn(CCO[C@H]4C=CC(=O)[C@H](C)O4)nn3)c(=O)oc2c1. The van der Waals surface area contributed by atoms with Crippen LogP contribution in [0.3, 0.4) is 0 Å². The van der Waals surface area contributed by atoms with Crippen LogP contribution in [0.25, 0.3) is 11.0 Å². The molecule has 3 heterocycles. The number of carbonyl (C=O) groups excluding carboxylic acids is 2. The number of hydrogen-bond acceptors (Lipinski definition) is 9. The van der Waals surface area contributed by atoms with E-state index < -0.39 is 23.9 Å². The number of aromatic nitrogens is 3. The highest BCUT2D eigenvalue weighted by molar-refractivity contribution is 5.97. The number of rotatable bonds is 10. The van der Waals surface area contributed by atoms with Gasteiger partial charge in [0.15, 0.2) is 12.1 Å². The van der Waals surface area contributed by atoms with Crippen LogP contribution in [0.2, 0.25) is 0 Å². The molecule has 0 fully saturated rings. The van der Waals surface area contributed by atoms with Crippen molar-refractivity contribution in [2.24, 2.45) is 0 Å². The zero-order chi connectivity index (χ0) is 25.7. The van der Waals surface area contributed by atoms with Crippen LogP contribution < -0.4 is 15.8 Å². The molecule has 36 heavy (non-hydrogen) atoms. The van der Waals surface area contributed by atoms with Crippen molar-refractivity contribution < 1.29 is 23.5 Å². The second kappa shape index (κ2) is 11.3. The van der Waals surface area contributed by atoms with E-state index in [0.717, 1.165) is 18.8 Å². The van der Waals surface area contributed by atoms with Gasteiger partial charge in [-0.25, -0.2) is 9.48 Å². The number of nitrogens with one attached hydrogen (secondary N) is 1. The maximum atomic E-state index is 12.7. The first-order chi connectivity index (χ1) is 17.4. The first kappa shape index (κ1) is 25.3. The van der Waals surface area contributed by atoms with E-state index in [0.29, 0.717) is 29.8 Å². The van der Waals surface area contributed by atoms with E-state index >= 15 is 0 Å². The molecule has 2 aromatic heterocycles. The van der Waals surface area contributed by atoms with Crippen molar-refractivity contribution in [1.29, 1.82) is 0 Å². The molecular formula is C25H29N5O6. The zero-order valence-electron chi connectivity index (χ0n) is 20.5. The third kappa shape index (κ3) is 5.86. The summed E-state index contributed by atoms with van der Waals surface area (Å²) >= 11 is 0. The number of fused-ring (bicyclic) bond motifs is 1. The monoisotopic (exact) mass is 495 g/mol. The fourth-order valence-electron chi connectivity index (χ4n) is 3.82. The summed E-state index contributed by atoms with van der Waals surface area (Å²) in [5.41, 5.74) is 1.13. The maximum Gasteiger partial charge on any atom is 0.349 e. The van der Waals surface area contributed by atoms with Crippen molar-refractivity contribution in [2.75, 3.05) is 24.6 Å². The first-order valence-corrected chi connectivity index (χ1v) is 11.9. The molecule has 0 spiro atoms. The Morgan fingerprint density at radius 1 is 1.22 bits per heavy atom. The van der Waals surface area contributed by atoms with Crippen LogP contribution in [-0.4, -0.2) is 58.8 Å². The Hall–Kier alpha value is -3.83. The van der Waals surface area contributed by atoms with Gasteiger partial charge in [-0.1, -0.05) is 5.21 Å². The molecule has 0 radical (unpaired) electrons. The van der Waals surface area contributed by atoms with Gasteiger partial charge < -0.3 is 24.1 Å². The predicted octanol–water partition coefficient (Wildman–Crippen LogP) is 2.05. The van der Waals surface area contributed by atoms with Crippen LogP contribution in [0, 0.1) is 0 Å². The molecule has 3 aromatic rings. The van der Waals surface area contributed by atoms with Crippen LogP contribution >= 0.6 is 0 Å². The normalized spacial score (nSPS) is 17.5. The molecule has 1 amide bonds. The molecule has 1 aliphatic rings. The molecule has 0 saturated carbocycles. The molecule has 190 valence electrons. The maximum absolute atomic E-state index is 12.7. The van der Waals surface area contributed by atoms with E-state index in [2.05, 4.69) is 34.4 Å². The lowest BCUT2D eigenvalue weighted by molar-refractivity contribution is -0.160. The Morgan fingerprint density at radius 2 is 2.03 bits per heavy atom. The van der Waals surface area contributed by atoms with Gasteiger partial charge in [0.2, 0.25) is 0 Å². The molecule has 11 nitrogen and oxygen atoms in total. The van der Waals surface area contributed by atoms with Crippen molar-refractivity contribution in [1.82, 2.24) is 20.3 Å². The fraction of sp³-hybridized carbons (Fsp3) is 0.400. The Balaban J connectivity index is 1.32. The average molecular weight is 496 g/mol. The van der Waals surface area contributed by atoms with Crippen LogP contribution in [0.5, 0.6) is 0 Å². The van der Waals surface area contributed by atoms with Crippen molar-refractivity contribution in [3.05, 3.63) is 64.3 Å². The summed E-state index contributed by atoms with van der Waals surface area (Å²) in [5, 5.41) is 11.4. The van der Waals surface area contributed by atoms with E-state index in [1.54, 1.807) is 23.9 Å². The summed E-state index contributed by atoms with van der Waals surface area (Å²) in [7, 11) is 0. The molecule has 11 heteroatoms. The van der Waals surface area contributed by atoms with Crippen LogP contribution in [0.15, 0.2) is 51.8 Å². The van der Waals surface area contributed by atoms with Gasteiger partial charge in [0.05, 0.1) is 25.9 Å². The standard InChI is InChI=1S/C25H29N5O6/c1-4-29(5-2)19-7-6-17-12-20(25(33)36-22(17)13-19)24(32)26-14-18-15-30(28-27-18)10-11-34-23-9-8-21(31)16(3)35-23/h6-9,12-13,15-16,23H,4-5,10-11,14H2,1-3H3,(H,26,32)/t16-,23+/m0/s1. The van der Waals surface area contributed by atoms with E-state index in [1.165, 1.54) is 12.1 Å². The number of hydrogen-bond donors (Lipinski definition) is 1. The first-order valence-electron chi connectivity index (χ1n) is 11.9. The third-order valence-electron chi connectivity index (χ3n) is 5.87. The van der Waals surface area contributed by atoms with E-state index in [-0.39, 0.29) is 17.9 Å². The zero-order valence-corrected chi connectivity index (χ0v) is 20.5. The summed E-state index contributed by atoms with van der Waals surface area (Å²) in [6.45, 7) is 8.23. The smallest absolute Gasteiger partial charge is 0.349 e. The van der Waals surface area contributed by atoms with Crippen LogP contribution in [-0.2, 0) is 27.4 Å². The number of amides is 1. The van der Waals surface area contributed by atoms with Gasteiger partial charge in [0.1, 0.15) is 22.9 Å². The molecule has 0 aliphatic carbocycles. The van der Waals surface area contributed by atoms with Gasteiger partial charge >= 0.3 is 5.63 Å². The Labute approximate surface area is 207 Å². The number of benzene rings is 1. The second-order valence-electron chi connectivity index (χ2n) is 8.28. The molecular weight excluding hydrogens is 466 g/mol. The number of carbonyl (C=O) groups is 2. The Morgan fingerprint density at radius 3 is 2.78 bits per heavy atom. The van der Waals surface area contributed by atoms with Crippen molar-refractivity contribution in [3.8, 4) is 0 Å². The fourth-order valence-corrected chi connectivity index (χ4v) is 3.82. The largest absolute Gasteiger partial charge is 0.422 e. The highest BCUT2D eigenvalue weighted by Crippen LogP contribution is 2.22. The molecule has 0 bridgehead atoms. The summed E-state index contributed by atoms with van der Waals surface area (Å²) in [6.07, 6.45) is 3.58. The minimum atomic E-state index is -0.701. The lowest BCUT2D eigenvalue weighted by atomic mass is 10.1. The summed E-state index contributed by atoms with van der Waals surface area (Å²) in [4.78, 5) is 38.7. The van der Waals surface area contributed by atoms with Gasteiger partial charge in [0.25, 0.3) is 5.91 Å².